The largest absolute Gasteiger partial charge is 0.467 e. The minimum absolute atomic E-state index is 0.538. The summed E-state index contributed by atoms with van der Waals surface area (Å²) in [6, 6.07) is 0. The van der Waals surface area contributed by atoms with E-state index in [9.17, 15) is 25.0 Å². The first kappa shape index (κ1) is 10.3. The van der Waals surface area contributed by atoms with E-state index in [-0.39, 0.29) is 0 Å². The monoisotopic (exact) mass is 177 g/mol. The fraction of sp³-hybridized carbons (Fsp3) is 0.750. The van der Waals surface area contributed by atoms with E-state index < -0.39 is 28.5 Å². The molecule has 68 valence electrons. The van der Waals surface area contributed by atoms with Gasteiger partial charge in [-0.15, -0.1) is 0 Å². The van der Waals surface area contributed by atoms with Gasteiger partial charge in [0.25, 0.3) is 0 Å². The first-order valence-electron chi connectivity index (χ1n) is 2.96. The summed E-state index contributed by atoms with van der Waals surface area (Å²) in [5.74, 6) is -0.538. The Hall–Kier alpha value is -1.73. The van der Waals surface area contributed by atoms with Crippen molar-refractivity contribution in [1.29, 1.82) is 0 Å². The van der Waals surface area contributed by atoms with E-state index in [4.69, 9.17) is 0 Å². The molecule has 0 rings (SSSR count). The third-order valence-electron chi connectivity index (χ3n) is 1.02. The van der Waals surface area contributed by atoms with Gasteiger partial charge < -0.3 is 5.32 Å². The van der Waals surface area contributed by atoms with E-state index in [0.29, 0.717) is 0 Å². The topological polar surface area (TPSA) is 115 Å². The fourth-order valence-corrected chi connectivity index (χ4v) is 0.461. The molecule has 0 radical (unpaired) electrons. The quantitative estimate of drug-likeness (QED) is 0.336. The molecule has 1 N–H and O–H groups in total. The Bertz CT molecular complexity index is 201. The predicted molar refractivity (Wildman–Crippen MR) is 36.5 cm³/mol. The van der Waals surface area contributed by atoms with Crippen molar-refractivity contribution in [3.05, 3.63) is 20.2 Å². The Balaban J connectivity index is 4.06. The minimum Gasteiger partial charge on any atom is -0.343 e. The Labute approximate surface area is 66.9 Å². The number of rotatable bonds is 4. The van der Waals surface area contributed by atoms with Crippen LogP contribution in [-0.4, -0.2) is 28.5 Å². The van der Waals surface area contributed by atoms with Crippen LogP contribution >= 0.6 is 0 Å². The number of amides is 1. The molecule has 0 unspecified atom stereocenters. The molecule has 0 aromatic rings. The second kappa shape index (κ2) is 4.21. The van der Waals surface area contributed by atoms with Crippen LogP contribution in [-0.2, 0) is 4.79 Å². The second-order valence-corrected chi connectivity index (χ2v) is 1.99. The van der Waals surface area contributed by atoms with Gasteiger partial charge in [-0.3, -0.25) is 25.0 Å². The molecule has 0 heterocycles. The number of nitrogens with zero attached hydrogens (tertiary/aromatic N) is 2. The van der Waals surface area contributed by atoms with Crippen molar-refractivity contribution in [3.63, 3.8) is 0 Å². The van der Waals surface area contributed by atoms with Gasteiger partial charge in [-0.2, -0.15) is 0 Å². The SMILES string of the molecule is CC(=O)NCC([N+](=O)[O-])[N+](=O)[O-]. The molecule has 8 heteroatoms. The molecule has 8 nitrogen and oxygen atoms in total. The van der Waals surface area contributed by atoms with Crippen LogP contribution in [0, 0.1) is 20.2 Å². The van der Waals surface area contributed by atoms with Gasteiger partial charge in [0, 0.05) is 6.92 Å². The maximum absolute atomic E-state index is 10.2. The molecule has 0 aromatic carbocycles. The average Bonchev–Trinajstić information content (AvgIpc) is 1.84. The van der Waals surface area contributed by atoms with Crippen molar-refractivity contribution in [2.24, 2.45) is 0 Å². The highest BCUT2D eigenvalue weighted by Crippen LogP contribution is 1.88. The molecule has 0 aliphatic rings. The summed E-state index contributed by atoms with van der Waals surface area (Å²) in [5, 5.41) is 21.9. The van der Waals surface area contributed by atoms with E-state index in [1.165, 1.54) is 0 Å². The number of hydrogen-bond acceptors (Lipinski definition) is 5. The minimum atomic E-state index is -1.96. The van der Waals surface area contributed by atoms with Gasteiger partial charge >= 0.3 is 6.17 Å². The normalized spacial score (nSPS) is 9.50. The summed E-state index contributed by atoms with van der Waals surface area (Å²) in [4.78, 5) is 28.1. The maximum atomic E-state index is 10.2. The zero-order valence-electron chi connectivity index (χ0n) is 6.22. The first-order valence-corrected chi connectivity index (χ1v) is 2.96. The molecular weight excluding hydrogens is 170 g/mol. The molecular formula is C4H7N3O5. The summed E-state index contributed by atoms with van der Waals surface area (Å²) < 4.78 is 0. The molecule has 1 amide bonds. The van der Waals surface area contributed by atoms with Gasteiger partial charge in [0.2, 0.25) is 5.91 Å². The Morgan fingerprint density at radius 3 is 2.08 bits per heavy atom. The van der Waals surface area contributed by atoms with Crippen molar-refractivity contribution in [2.75, 3.05) is 6.54 Å². The van der Waals surface area contributed by atoms with E-state index >= 15 is 0 Å². The van der Waals surface area contributed by atoms with E-state index in [0.717, 1.165) is 6.92 Å². The third kappa shape index (κ3) is 3.44. The van der Waals surface area contributed by atoms with E-state index in [2.05, 4.69) is 0 Å². The molecule has 0 spiro atoms. The standard InChI is InChI=1S/C4H7N3O5/c1-3(8)5-2-4(6(9)10)7(11)12/h4H,2H2,1H3,(H,5,8). The highest BCUT2D eigenvalue weighted by atomic mass is 16.7. The lowest BCUT2D eigenvalue weighted by Gasteiger charge is -2.01. The predicted octanol–water partition coefficient (Wildman–Crippen LogP) is -0.998. The van der Waals surface area contributed by atoms with Crippen LogP contribution in [0.15, 0.2) is 0 Å². The first-order chi connectivity index (χ1) is 5.45. The smallest absolute Gasteiger partial charge is 0.343 e. The van der Waals surface area contributed by atoms with E-state index in [1.807, 2.05) is 5.32 Å². The fourth-order valence-electron chi connectivity index (χ4n) is 0.461. The van der Waals surface area contributed by atoms with Crippen LogP contribution in [0.4, 0.5) is 0 Å². The average molecular weight is 177 g/mol. The highest BCUT2D eigenvalue weighted by Gasteiger charge is 2.31. The van der Waals surface area contributed by atoms with Gasteiger partial charge in [-0.05, 0) is 0 Å². The van der Waals surface area contributed by atoms with Crippen molar-refractivity contribution in [2.45, 2.75) is 13.1 Å². The summed E-state index contributed by atoms with van der Waals surface area (Å²) >= 11 is 0. The Morgan fingerprint density at radius 1 is 1.42 bits per heavy atom. The van der Waals surface area contributed by atoms with Crippen molar-refractivity contribution in [1.82, 2.24) is 5.32 Å². The second-order valence-electron chi connectivity index (χ2n) is 1.99. The molecule has 0 saturated carbocycles. The maximum Gasteiger partial charge on any atom is 0.467 e. The molecule has 0 aliphatic carbocycles. The molecule has 0 bridgehead atoms. The van der Waals surface area contributed by atoms with Gasteiger partial charge in [0.1, 0.15) is 0 Å². The van der Waals surface area contributed by atoms with Crippen molar-refractivity contribution >= 4 is 5.91 Å². The lowest BCUT2D eigenvalue weighted by Crippen LogP contribution is -2.40. The summed E-state index contributed by atoms with van der Waals surface area (Å²) in [7, 11) is 0. The lowest BCUT2D eigenvalue weighted by atomic mass is 10.5. The molecule has 0 aliphatic heterocycles. The zero-order chi connectivity index (χ0) is 9.72. The van der Waals surface area contributed by atoms with Crippen LogP contribution < -0.4 is 5.32 Å². The highest BCUT2D eigenvalue weighted by molar-refractivity contribution is 5.72. The van der Waals surface area contributed by atoms with Crippen LogP contribution in [0.25, 0.3) is 0 Å². The number of carbonyl (C=O) groups is 1. The van der Waals surface area contributed by atoms with Crippen LogP contribution in [0.2, 0.25) is 0 Å². The lowest BCUT2D eigenvalue weighted by molar-refractivity contribution is -0.739. The Kier molecular flexibility index (Phi) is 3.60. The molecule has 0 saturated heterocycles. The van der Waals surface area contributed by atoms with Gasteiger partial charge in [0.05, 0.1) is 9.85 Å². The van der Waals surface area contributed by atoms with E-state index in [1.54, 1.807) is 0 Å². The number of hydrogen-bond donors (Lipinski definition) is 1. The summed E-state index contributed by atoms with van der Waals surface area (Å²) in [6.45, 7) is 0.534. The molecule has 0 aromatic heterocycles. The molecule has 0 fully saturated rings. The van der Waals surface area contributed by atoms with Crippen molar-refractivity contribution < 1.29 is 14.6 Å². The zero-order valence-corrected chi connectivity index (χ0v) is 6.22. The summed E-state index contributed by atoms with van der Waals surface area (Å²) in [5.41, 5.74) is 0. The van der Waals surface area contributed by atoms with Crippen LogP contribution in [0.1, 0.15) is 6.92 Å². The number of nitro groups is 2. The number of carbonyl (C=O) groups excluding carboxylic acids is 1. The Morgan fingerprint density at radius 2 is 1.83 bits per heavy atom. The van der Waals surface area contributed by atoms with Gasteiger partial charge in [-0.1, -0.05) is 0 Å². The molecule has 12 heavy (non-hydrogen) atoms. The summed E-state index contributed by atoms with van der Waals surface area (Å²) in [6.07, 6.45) is -1.96. The van der Waals surface area contributed by atoms with Crippen LogP contribution in [0.3, 0.4) is 0 Å². The third-order valence-corrected chi connectivity index (χ3v) is 1.02. The van der Waals surface area contributed by atoms with Gasteiger partial charge in [-0.25, -0.2) is 0 Å². The van der Waals surface area contributed by atoms with Crippen molar-refractivity contribution in [3.8, 4) is 0 Å². The molecule has 0 atom stereocenters. The van der Waals surface area contributed by atoms with Crippen LogP contribution in [0.5, 0.6) is 0 Å². The number of nitrogens with one attached hydrogen (secondary N) is 1. The van der Waals surface area contributed by atoms with Gasteiger partial charge in [0.15, 0.2) is 6.54 Å².